The van der Waals surface area contributed by atoms with Crippen LogP contribution in [0.3, 0.4) is 0 Å². The molecule has 1 N–H and O–H groups in total. The van der Waals surface area contributed by atoms with E-state index in [1.807, 2.05) is 62.6 Å². The lowest BCUT2D eigenvalue weighted by Gasteiger charge is -2.41. The minimum Gasteiger partial charge on any atom is -0.352 e. The minimum absolute atomic E-state index is 0.0488. The van der Waals surface area contributed by atoms with Crippen LogP contribution in [0.15, 0.2) is 83.8 Å². The van der Waals surface area contributed by atoms with Crippen molar-refractivity contribution in [2.45, 2.75) is 18.2 Å². The Bertz CT molecular complexity index is 1370. The Balaban J connectivity index is 1.41. The number of halogens is 2. The number of hydrogen-bond donors (Lipinski definition) is 1. The Labute approximate surface area is 241 Å². The standard InChI is InChI=1S/C30H33Cl2N3O3S/c1-34(2)16-4-15-33-30(36)26-6-3-5-22(17-26)20-39(37,38)21-23-18-35(19-23)29(24-7-11-27(31)12-8-24)25-9-13-28(32)14-10-25/h3,5-14,17,21,29H,4,15-16,18-20H2,1-2H3,(H,33,36). The van der Waals surface area contributed by atoms with Crippen LogP contribution < -0.4 is 5.32 Å². The molecule has 0 unspecified atom stereocenters. The fourth-order valence-corrected chi connectivity index (χ4v) is 6.30. The highest BCUT2D eigenvalue weighted by molar-refractivity contribution is 7.93. The van der Waals surface area contributed by atoms with Crippen molar-refractivity contribution >= 4 is 38.9 Å². The molecule has 0 aliphatic carbocycles. The lowest BCUT2D eigenvalue weighted by Crippen LogP contribution is -2.43. The van der Waals surface area contributed by atoms with Gasteiger partial charge in [0.05, 0.1) is 11.8 Å². The molecule has 1 saturated heterocycles. The largest absolute Gasteiger partial charge is 0.352 e. The van der Waals surface area contributed by atoms with E-state index in [4.69, 9.17) is 23.2 Å². The van der Waals surface area contributed by atoms with Gasteiger partial charge in [0.15, 0.2) is 9.84 Å². The average Bonchev–Trinajstić information content (AvgIpc) is 2.87. The zero-order valence-corrected chi connectivity index (χ0v) is 24.4. The van der Waals surface area contributed by atoms with Crippen molar-refractivity contribution in [3.05, 3.63) is 116 Å². The van der Waals surface area contributed by atoms with Gasteiger partial charge in [-0.3, -0.25) is 9.69 Å². The Morgan fingerprint density at radius 3 is 2.13 bits per heavy atom. The molecule has 3 aromatic rings. The zero-order chi connectivity index (χ0) is 28.0. The van der Waals surface area contributed by atoms with Gasteiger partial charge < -0.3 is 10.2 Å². The molecule has 1 aliphatic heterocycles. The van der Waals surface area contributed by atoms with E-state index < -0.39 is 9.84 Å². The fraction of sp³-hybridized carbons (Fsp3) is 0.300. The Kier molecular flexibility index (Phi) is 9.86. The third-order valence-electron chi connectivity index (χ3n) is 6.52. The molecule has 0 atom stereocenters. The number of likely N-dealkylation sites (tertiary alicyclic amines) is 1. The van der Waals surface area contributed by atoms with Crippen molar-refractivity contribution < 1.29 is 13.2 Å². The van der Waals surface area contributed by atoms with Crippen molar-refractivity contribution in [1.82, 2.24) is 15.1 Å². The number of nitrogens with one attached hydrogen (secondary N) is 1. The maximum Gasteiger partial charge on any atom is 0.251 e. The van der Waals surface area contributed by atoms with Crippen LogP contribution in [-0.4, -0.2) is 64.4 Å². The smallest absolute Gasteiger partial charge is 0.251 e. The summed E-state index contributed by atoms with van der Waals surface area (Å²) in [7, 11) is 0.454. The van der Waals surface area contributed by atoms with E-state index in [1.165, 1.54) is 5.41 Å². The molecule has 0 saturated carbocycles. The summed E-state index contributed by atoms with van der Waals surface area (Å²) >= 11 is 12.2. The van der Waals surface area contributed by atoms with E-state index in [0.29, 0.717) is 40.8 Å². The first kappa shape index (κ1) is 29.3. The van der Waals surface area contributed by atoms with Gasteiger partial charge in [0, 0.05) is 40.7 Å². The number of hydrogen-bond acceptors (Lipinski definition) is 5. The number of rotatable bonds is 11. The first-order chi connectivity index (χ1) is 18.6. The maximum absolute atomic E-state index is 13.0. The Morgan fingerprint density at radius 1 is 0.974 bits per heavy atom. The van der Waals surface area contributed by atoms with Crippen molar-refractivity contribution in [1.29, 1.82) is 0 Å². The number of sulfone groups is 1. The predicted octanol–water partition coefficient (Wildman–Crippen LogP) is 5.58. The maximum atomic E-state index is 13.0. The number of amides is 1. The van der Waals surface area contributed by atoms with E-state index in [-0.39, 0.29) is 17.7 Å². The molecule has 206 valence electrons. The van der Waals surface area contributed by atoms with Crippen LogP contribution in [0.4, 0.5) is 0 Å². The number of carbonyl (C=O) groups is 1. The van der Waals surface area contributed by atoms with Gasteiger partial charge >= 0.3 is 0 Å². The molecule has 0 spiro atoms. The van der Waals surface area contributed by atoms with Crippen LogP contribution >= 0.6 is 23.2 Å². The molecule has 1 aliphatic rings. The number of benzene rings is 3. The fourth-order valence-electron chi connectivity index (χ4n) is 4.67. The highest BCUT2D eigenvalue weighted by Crippen LogP contribution is 2.35. The second-order valence-electron chi connectivity index (χ2n) is 10.1. The molecule has 1 amide bonds. The lowest BCUT2D eigenvalue weighted by atomic mass is 9.93. The van der Waals surface area contributed by atoms with E-state index in [1.54, 1.807) is 24.3 Å². The molecular formula is C30H33Cl2N3O3S. The van der Waals surface area contributed by atoms with E-state index in [0.717, 1.165) is 29.7 Å². The molecule has 4 rings (SSSR count). The zero-order valence-electron chi connectivity index (χ0n) is 22.1. The summed E-state index contributed by atoms with van der Waals surface area (Å²) in [5.41, 5.74) is 4.03. The summed E-state index contributed by atoms with van der Waals surface area (Å²) in [5, 5.41) is 5.61. The molecule has 0 bridgehead atoms. The summed E-state index contributed by atoms with van der Waals surface area (Å²) in [5.74, 6) is -0.354. The molecule has 39 heavy (non-hydrogen) atoms. The highest BCUT2D eigenvalue weighted by Gasteiger charge is 2.31. The highest BCUT2D eigenvalue weighted by atomic mass is 35.5. The third-order valence-corrected chi connectivity index (χ3v) is 8.45. The van der Waals surface area contributed by atoms with Gasteiger partial charge in [-0.15, -0.1) is 0 Å². The molecule has 1 fully saturated rings. The van der Waals surface area contributed by atoms with Crippen molar-refractivity contribution in [3.63, 3.8) is 0 Å². The van der Waals surface area contributed by atoms with E-state index in [9.17, 15) is 13.2 Å². The summed E-state index contributed by atoms with van der Waals surface area (Å²) in [4.78, 5) is 16.8. The first-order valence-electron chi connectivity index (χ1n) is 12.8. The second-order valence-corrected chi connectivity index (χ2v) is 12.8. The van der Waals surface area contributed by atoms with Gasteiger partial charge in [0.1, 0.15) is 0 Å². The third kappa shape index (κ3) is 8.40. The van der Waals surface area contributed by atoms with Crippen LogP contribution in [-0.2, 0) is 15.6 Å². The lowest BCUT2D eigenvalue weighted by molar-refractivity contribution is 0.0952. The van der Waals surface area contributed by atoms with Gasteiger partial charge in [0.2, 0.25) is 0 Å². The monoisotopic (exact) mass is 585 g/mol. The van der Waals surface area contributed by atoms with Crippen LogP contribution in [0.5, 0.6) is 0 Å². The summed E-state index contributed by atoms with van der Waals surface area (Å²) < 4.78 is 26.0. The van der Waals surface area contributed by atoms with Crippen LogP contribution in [0.25, 0.3) is 0 Å². The van der Waals surface area contributed by atoms with Crippen molar-refractivity contribution in [2.75, 3.05) is 40.3 Å². The molecule has 0 aromatic heterocycles. The Morgan fingerprint density at radius 2 is 1.56 bits per heavy atom. The van der Waals surface area contributed by atoms with E-state index >= 15 is 0 Å². The second kappa shape index (κ2) is 13.1. The molecule has 1 heterocycles. The molecule has 0 radical (unpaired) electrons. The van der Waals surface area contributed by atoms with Gasteiger partial charge in [-0.1, -0.05) is 59.6 Å². The summed E-state index contributed by atoms with van der Waals surface area (Å²) in [6.07, 6.45) is 0.842. The van der Waals surface area contributed by atoms with E-state index in [2.05, 4.69) is 15.1 Å². The predicted molar refractivity (Wildman–Crippen MR) is 159 cm³/mol. The molecule has 6 nitrogen and oxygen atoms in total. The van der Waals surface area contributed by atoms with Gasteiger partial charge in [0.25, 0.3) is 5.91 Å². The number of carbonyl (C=O) groups excluding carboxylic acids is 1. The van der Waals surface area contributed by atoms with Gasteiger partial charge in [-0.2, -0.15) is 0 Å². The summed E-state index contributed by atoms with van der Waals surface area (Å²) in [6, 6.07) is 22.2. The molecule has 3 aromatic carbocycles. The SMILES string of the molecule is CN(C)CCCNC(=O)c1cccc(CS(=O)(=O)C=C2CN(C(c3ccc(Cl)cc3)c3ccc(Cl)cc3)C2)c1. The van der Waals surface area contributed by atoms with Crippen LogP contribution in [0.2, 0.25) is 10.0 Å². The quantitative estimate of drug-likeness (QED) is 0.297. The van der Waals surface area contributed by atoms with Crippen molar-refractivity contribution in [2.24, 2.45) is 0 Å². The molecular weight excluding hydrogens is 553 g/mol. The van der Waals surface area contributed by atoms with Crippen LogP contribution in [0, 0.1) is 0 Å². The average molecular weight is 587 g/mol. The number of nitrogens with zero attached hydrogens (tertiary/aromatic N) is 2. The Hall–Kier alpha value is -2.68. The van der Waals surface area contributed by atoms with Crippen molar-refractivity contribution in [3.8, 4) is 0 Å². The molecule has 9 heteroatoms. The van der Waals surface area contributed by atoms with Gasteiger partial charge in [-0.05, 0) is 85.7 Å². The topological polar surface area (TPSA) is 69.7 Å². The first-order valence-corrected chi connectivity index (χ1v) is 15.3. The summed E-state index contributed by atoms with van der Waals surface area (Å²) in [6.45, 7) is 2.51. The van der Waals surface area contributed by atoms with Gasteiger partial charge in [-0.25, -0.2) is 8.42 Å². The normalized spacial score (nSPS) is 13.9. The van der Waals surface area contributed by atoms with Crippen LogP contribution in [0.1, 0.15) is 39.5 Å². The minimum atomic E-state index is -3.52.